The Balaban J connectivity index is 1.58. The molecular formula is C18H17N7O. The average Bonchev–Trinajstić information content (AvgIpc) is 3.22. The number of fused-ring (bicyclic) bond motifs is 1. The number of nitrogens with one attached hydrogen (secondary N) is 1. The second kappa shape index (κ2) is 6.40. The molecule has 0 bridgehead atoms. The van der Waals surface area contributed by atoms with Gasteiger partial charge in [0.2, 0.25) is 5.91 Å². The summed E-state index contributed by atoms with van der Waals surface area (Å²) < 4.78 is 3.58. The predicted octanol–water partition coefficient (Wildman–Crippen LogP) is 1.94. The third kappa shape index (κ3) is 3.16. The lowest BCUT2D eigenvalue weighted by Crippen LogP contribution is -2.15. The van der Waals surface area contributed by atoms with Crippen molar-refractivity contribution in [2.75, 3.05) is 5.32 Å². The topological polar surface area (TPSA) is 90.5 Å². The van der Waals surface area contributed by atoms with E-state index < -0.39 is 0 Å². The molecule has 0 fully saturated rings. The number of rotatable bonds is 4. The predicted molar refractivity (Wildman–Crippen MR) is 97.3 cm³/mol. The number of hydrogen-bond donors (Lipinski definition) is 1. The fraction of sp³-hybridized carbons (Fsp3) is 0.167. The van der Waals surface area contributed by atoms with E-state index in [1.54, 1.807) is 35.7 Å². The maximum Gasteiger partial charge on any atom is 0.230 e. The molecule has 0 atom stereocenters. The van der Waals surface area contributed by atoms with Crippen LogP contribution in [0.5, 0.6) is 0 Å². The molecule has 0 spiro atoms. The molecule has 0 saturated heterocycles. The first kappa shape index (κ1) is 15.9. The average molecular weight is 347 g/mol. The maximum atomic E-state index is 12.2. The number of aromatic nitrogens is 6. The summed E-state index contributed by atoms with van der Waals surface area (Å²) in [6, 6.07) is 5.66. The largest absolute Gasteiger partial charge is 0.332 e. The summed E-state index contributed by atoms with van der Waals surface area (Å²) >= 11 is 0. The van der Waals surface area contributed by atoms with Gasteiger partial charge in [0.1, 0.15) is 5.82 Å². The molecule has 0 aromatic carbocycles. The van der Waals surface area contributed by atoms with Crippen LogP contribution in [-0.2, 0) is 25.3 Å². The van der Waals surface area contributed by atoms with Crippen LogP contribution in [0.2, 0.25) is 0 Å². The van der Waals surface area contributed by atoms with Crippen molar-refractivity contribution < 1.29 is 4.79 Å². The molecule has 0 aliphatic rings. The van der Waals surface area contributed by atoms with E-state index in [1.807, 2.05) is 37.0 Å². The number of pyridine rings is 2. The summed E-state index contributed by atoms with van der Waals surface area (Å²) in [5.41, 5.74) is 3.35. The van der Waals surface area contributed by atoms with Gasteiger partial charge < -0.3 is 9.88 Å². The highest BCUT2D eigenvalue weighted by atomic mass is 16.1. The monoisotopic (exact) mass is 347 g/mol. The highest BCUT2D eigenvalue weighted by molar-refractivity contribution is 5.93. The van der Waals surface area contributed by atoms with Crippen molar-refractivity contribution in [3.05, 3.63) is 54.9 Å². The zero-order valence-corrected chi connectivity index (χ0v) is 14.4. The molecule has 4 rings (SSSR count). The normalized spacial score (nSPS) is 11.0. The molecule has 0 radical (unpaired) electrons. The molecular weight excluding hydrogens is 330 g/mol. The molecule has 1 N–H and O–H groups in total. The molecule has 4 aromatic rings. The number of amides is 1. The first-order chi connectivity index (χ1) is 12.6. The van der Waals surface area contributed by atoms with Crippen LogP contribution in [0.4, 0.5) is 5.82 Å². The SMILES string of the molecule is Cn1cc(CC(=O)Nc2cc3nc(-c4cncn4C)ccc3cn2)cn1. The van der Waals surface area contributed by atoms with E-state index in [2.05, 4.69) is 25.4 Å². The van der Waals surface area contributed by atoms with Crippen molar-refractivity contribution in [2.45, 2.75) is 6.42 Å². The van der Waals surface area contributed by atoms with Gasteiger partial charge in [-0.15, -0.1) is 0 Å². The fourth-order valence-corrected chi connectivity index (χ4v) is 2.77. The summed E-state index contributed by atoms with van der Waals surface area (Å²) in [6.45, 7) is 0. The lowest BCUT2D eigenvalue weighted by molar-refractivity contribution is -0.115. The first-order valence-electron chi connectivity index (χ1n) is 8.09. The molecule has 4 heterocycles. The second-order valence-electron chi connectivity index (χ2n) is 6.10. The van der Waals surface area contributed by atoms with Crippen LogP contribution in [0.15, 0.2) is 49.3 Å². The molecule has 0 saturated carbocycles. The quantitative estimate of drug-likeness (QED) is 0.609. The minimum absolute atomic E-state index is 0.146. The van der Waals surface area contributed by atoms with Gasteiger partial charge >= 0.3 is 0 Å². The number of nitrogens with zero attached hydrogens (tertiary/aromatic N) is 6. The zero-order chi connectivity index (χ0) is 18.1. The lowest BCUT2D eigenvalue weighted by atomic mass is 10.2. The number of anilines is 1. The van der Waals surface area contributed by atoms with Crippen LogP contribution < -0.4 is 5.32 Å². The van der Waals surface area contributed by atoms with Gasteiger partial charge in [-0.3, -0.25) is 9.48 Å². The highest BCUT2D eigenvalue weighted by Gasteiger charge is 2.09. The van der Waals surface area contributed by atoms with Crippen molar-refractivity contribution in [1.82, 2.24) is 29.3 Å². The van der Waals surface area contributed by atoms with Gasteiger partial charge in [0.25, 0.3) is 0 Å². The standard InChI is InChI=1S/C18H17N7O/c1-24-11-19-9-16(24)14-4-3-13-8-20-17(6-15(13)22-14)23-18(26)5-12-7-21-25(2)10-12/h3-4,6-11H,5H2,1-2H3,(H,20,23,26). The van der Waals surface area contributed by atoms with E-state index in [-0.39, 0.29) is 12.3 Å². The molecule has 0 aliphatic heterocycles. The maximum absolute atomic E-state index is 12.2. The van der Waals surface area contributed by atoms with E-state index in [0.29, 0.717) is 5.82 Å². The molecule has 0 aliphatic carbocycles. The molecule has 0 unspecified atom stereocenters. The van der Waals surface area contributed by atoms with E-state index in [4.69, 9.17) is 0 Å². The van der Waals surface area contributed by atoms with E-state index >= 15 is 0 Å². The Morgan fingerprint density at radius 3 is 2.81 bits per heavy atom. The van der Waals surface area contributed by atoms with Crippen LogP contribution in [0, 0.1) is 0 Å². The van der Waals surface area contributed by atoms with Crippen molar-refractivity contribution in [3.8, 4) is 11.4 Å². The Hall–Kier alpha value is -3.55. The highest BCUT2D eigenvalue weighted by Crippen LogP contribution is 2.21. The van der Waals surface area contributed by atoms with Crippen LogP contribution in [0.3, 0.4) is 0 Å². The number of carbonyl (C=O) groups excluding carboxylic acids is 1. The Morgan fingerprint density at radius 2 is 2.08 bits per heavy atom. The Morgan fingerprint density at radius 1 is 1.19 bits per heavy atom. The first-order valence-corrected chi connectivity index (χ1v) is 8.09. The third-order valence-electron chi connectivity index (χ3n) is 4.04. The van der Waals surface area contributed by atoms with Crippen molar-refractivity contribution in [3.63, 3.8) is 0 Å². The Kier molecular flexibility index (Phi) is 3.92. The summed E-state index contributed by atoms with van der Waals surface area (Å²) in [7, 11) is 3.74. The summed E-state index contributed by atoms with van der Waals surface area (Å²) in [4.78, 5) is 25.3. The number of aryl methyl sites for hydroxylation is 2. The number of hydrogen-bond acceptors (Lipinski definition) is 5. The zero-order valence-electron chi connectivity index (χ0n) is 14.4. The van der Waals surface area contributed by atoms with Gasteiger partial charge in [-0.05, 0) is 17.7 Å². The Bertz CT molecular complexity index is 1100. The number of carbonyl (C=O) groups is 1. The van der Waals surface area contributed by atoms with Crippen molar-refractivity contribution in [1.29, 1.82) is 0 Å². The molecule has 1 amide bonds. The summed E-state index contributed by atoms with van der Waals surface area (Å²) in [5, 5.41) is 7.78. The van der Waals surface area contributed by atoms with Crippen molar-refractivity contribution >= 4 is 22.6 Å². The molecule has 8 nitrogen and oxygen atoms in total. The van der Waals surface area contributed by atoms with E-state index in [1.165, 1.54) is 0 Å². The van der Waals surface area contributed by atoms with Crippen LogP contribution >= 0.6 is 0 Å². The van der Waals surface area contributed by atoms with Gasteiger partial charge in [-0.1, -0.05) is 0 Å². The minimum Gasteiger partial charge on any atom is -0.332 e. The van der Waals surface area contributed by atoms with Gasteiger partial charge in [0.05, 0.1) is 42.0 Å². The van der Waals surface area contributed by atoms with E-state index in [0.717, 1.165) is 27.9 Å². The smallest absolute Gasteiger partial charge is 0.230 e. The van der Waals surface area contributed by atoms with Crippen molar-refractivity contribution in [2.24, 2.45) is 14.1 Å². The molecule has 130 valence electrons. The second-order valence-corrected chi connectivity index (χ2v) is 6.10. The molecule has 4 aromatic heterocycles. The van der Waals surface area contributed by atoms with Gasteiger partial charge in [-0.2, -0.15) is 5.10 Å². The van der Waals surface area contributed by atoms with E-state index in [9.17, 15) is 4.79 Å². The summed E-state index contributed by atoms with van der Waals surface area (Å²) in [6.07, 6.45) is 8.94. The lowest BCUT2D eigenvalue weighted by Gasteiger charge is -2.07. The van der Waals surface area contributed by atoms with Crippen LogP contribution in [0.25, 0.3) is 22.3 Å². The van der Waals surface area contributed by atoms with Crippen LogP contribution in [-0.4, -0.2) is 35.2 Å². The molecule has 26 heavy (non-hydrogen) atoms. The van der Waals surface area contributed by atoms with Crippen LogP contribution in [0.1, 0.15) is 5.56 Å². The fourth-order valence-electron chi connectivity index (χ4n) is 2.77. The van der Waals surface area contributed by atoms with Gasteiger partial charge in [0, 0.05) is 37.9 Å². The molecule has 8 heteroatoms. The number of imidazole rings is 1. The van der Waals surface area contributed by atoms with Gasteiger partial charge in [-0.25, -0.2) is 15.0 Å². The van der Waals surface area contributed by atoms with Gasteiger partial charge in [0.15, 0.2) is 0 Å². The Labute approximate surface area is 149 Å². The summed E-state index contributed by atoms with van der Waals surface area (Å²) in [5.74, 6) is 0.327. The minimum atomic E-state index is -0.146. The third-order valence-corrected chi connectivity index (χ3v) is 4.04.